The van der Waals surface area contributed by atoms with Crippen LogP contribution in [0.4, 0.5) is 0 Å². The molecule has 1 atom stereocenters. The Bertz CT molecular complexity index is 741. The van der Waals surface area contributed by atoms with Crippen LogP contribution in [-0.4, -0.2) is 29.3 Å². The average molecular weight is 381 g/mol. The van der Waals surface area contributed by atoms with Crippen LogP contribution in [0.1, 0.15) is 49.8 Å². The summed E-state index contributed by atoms with van der Waals surface area (Å²) in [6.07, 6.45) is 2.55. The molecule has 2 aromatic carbocycles. The molecule has 0 heterocycles. The average Bonchev–Trinajstić information content (AvgIpc) is 2.72. The molecule has 0 bridgehead atoms. The number of hydrogen-bond donors (Lipinski definition) is 1. The number of amides is 2. The van der Waals surface area contributed by atoms with Gasteiger partial charge in [0.25, 0.3) is 0 Å². The number of aryl methyl sites for hydroxylation is 2. The van der Waals surface area contributed by atoms with E-state index in [4.69, 9.17) is 0 Å². The molecule has 4 heteroatoms. The number of benzene rings is 2. The maximum atomic E-state index is 13.1. The minimum Gasteiger partial charge on any atom is -0.354 e. The van der Waals surface area contributed by atoms with Gasteiger partial charge < -0.3 is 10.2 Å². The van der Waals surface area contributed by atoms with Gasteiger partial charge in [0.05, 0.1) is 0 Å². The summed E-state index contributed by atoms with van der Waals surface area (Å²) in [5.74, 6) is -0.0487. The van der Waals surface area contributed by atoms with Crippen LogP contribution in [-0.2, 0) is 22.6 Å². The van der Waals surface area contributed by atoms with Crippen LogP contribution < -0.4 is 5.32 Å². The van der Waals surface area contributed by atoms with Gasteiger partial charge >= 0.3 is 0 Å². The molecule has 150 valence electrons. The highest BCUT2D eigenvalue weighted by atomic mass is 16.2. The predicted molar refractivity (Wildman–Crippen MR) is 114 cm³/mol. The summed E-state index contributed by atoms with van der Waals surface area (Å²) in [6, 6.07) is 17.7. The van der Waals surface area contributed by atoms with E-state index in [1.165, 1.54) is 5.56 Å². The van der Waals surface area contributed by atoms with E-state index in [1.54, 1.807) is 4.90 Å². The zero-order valence-corrected chi connectivity index (χ0v) is 17.3. The summed E-state index contributed by atoms with van der Waals surface area (Å²) in [4.78, 5) is 27.6. The number of carbonyl (C=O) groups excluding carboxylic acids is 2. The van der Waals surface area contributed by atoms with Gasteiger partial charge in [0, 0.05) is 19.5 Å². The van der Waals surface area contributed by atoms with Gasteiger partial charge in [0.2, 0.25) is 11.8 Å². The van der Waals surface area contributed by atoms with Crippen LogP contribution in [0, 0.1) is 6.92 Å². The molecule has 28 heavy (non-hydrogen) atoms. The van der Waals surface area contributed by atoms with Gasteiger partial charge in [-0.3, -0.25) is 9.59 Å². The maximum Gasteiger partial charge on any atom is 0.242 e. The molecule has 0 fully saturated rings. The third-order valence-electron chi connectivity index (χ3n) is 4.88. The van der Waals surface area contributed by atoms with Crippen molar-refractivity contribution >= 4 is 11.8 Å². The summed E-state index contributed by atoms with van der Waals surface area (Å²) in [5, 5.41) is 2.95. The third kappa shape index (κ3) is 6.52. The number of nitrogens with zero attached hydrogens (tertiary/aromatic N) is 1. The quantitative estimate of drug-likeness (QED) is 0.669. The second kappa shape index (κ2) is 11.3. The first-order chi connectivity index (χ1) is 13.5. The second-order valence-electron chi connectivity index (χ2n) is 7.21. The molecule has 0 unspecified atom stereocenters. The Balaban J connectivity index is 2.16. The van der Waals surface area contributed by atoms with Crippen LogP contribution in [0.2, 0.25) is 0 Å². The largest absolute Gasteiger partial charge is 0.354 e. The van der Waals surface area contributed by atoms with E-state index >= 15 is 0 Å². The zero-order valence-electron chi connectivity index (χ0n) is 17.3. The lowest BCUT2D eigenvalue weighted by Gasteiger charge is -2.31. The number of hydrogen-bond acceptors (Lipinski definition) is 2. The van der Waals surface area contributed by atoms with E-state index in [0.29, 0.717) is 32.4 Å². The Morgan fingerprint density at radius 3 is 2.25 bits per heavy atom. The molecule has 0 saturated heterocycles. The van der Waals surface area contributed by atoms with Gasteiger partial charge in [-0.05, 0) is 37.3 Å². The first kappa shape index (κ1) is 21.7. The molecule has 0 saturated carbocycles. The normalized spacial score (nSPS) is 11.7. The zero-order chi connectivity index (χ0) is 20.4. The molecule has 2 aromatic rings. The minimum absolute atomic E-state index is 0.0166. The number of rotatable bonds is 10. The van der Waals surface area contributed by atoms with Gasteiger partial charge in [0.1, 0.15) is 6.04 Å². The number of carbonyl (C=O) groups is 2. The first-order valence-corrected chi connectivity index (χ1v) is 10.2. The fourth-order valence-corrected chi connectivity index (χ4v) is 3.22. The fourth-order valence-electron chi connectivity index (χ4n) is 3.22. The summed E-state index contributed by atoms with van der Waals surface area (Å²) in [5.41, 5.74) is 3.36. The van der Waals surface area contributed by atoms with Crippen LogP contribution in [0.5, 0.6) is 0 Å². The Morgan fingerprint density at radius 2 is 1.64 bits per heavy atom. The highest BCUT2D eigenvalue weighted by molar-refractivity contribution is 5.87. The molecule has 0 spiro atoms. The molecule has 1 N–H and O–H groups in total. The van der Waals surface area contributed by atoms with Crippen LogP contribution in [0.25, 0.3) is 0 Å². The van der Waals surface area contributed by atoms with Crippen molar-refractivity contribution in [2.45, 2.75) is 59.0 Å². The highest BCUT2D eigenvalue weighted by Crippen LogP contribution is 2.15. The van der Waals surface area contributed by atoms with Crippen molar-refractivity contribution in [3.05, 3.63) is 71.3 Å². The Labute approximate surface area is 169 Å². The van der Waals surface area contributed by atoms with Gasteiger partial charge in [0.15, 0.2) is 0 Å². The lowest BCUT2D eigenvalue weighted by atomic mass is 10.1. The lowest BCUT2D eigenvalue weighted by Crippen LogP contribution is -2.49. The lowest BCUT2D eigenvalue weighted by molar-refractivity contribution is -0.141. The third-order valence-corrected chi connectivity index (χ3v) is 4.88. The van der Waals surface area contributed by atoms with E-state index in [2.05, 4.69) is 5.32 Å². The van der Waals surface area contributed by atoms with Gasteiger partial charge in [-0.2, -0.15) is 0 Å². The van der Waals surface area contributed by atoms with Crippen LogP contribution in [0.15, 0.2) is 54.6 Å². The van der Waals surface area contributed by atoms with E-state index in [0.717, 1.165) is 17.5 Å². The first-order valence-electron chi connectivity index (χ1n) is 10.2. The van der Waals surface area contributed by atoms with Gasteiger partial charge in [-0.1, -0.05) is 74.0 Å². The van der Waals surface area contributed by atoms with Crippen molar-refractivity contribution in [3.8, 4) is 0 Å². The molecular formula is C24H32N2O2. The van der Waals surface area contributed by atoms with Crippen LogP contribution >= 0.6 is 0 Å². The maximum absolute atomic E-state index is 13.1. The second-order valence-corrected chi connectivity index (χ2v) is 7.21. The summed E-state index contributed by atoms with van der Waals surface area (Å²) < 4.78 is 0. The van der Waals surface area contributed by atoms with E-state index < -0.39 is 6.04 Å². The van der Waals surface area contributed by atoms with Gasteiger partial charge in [-0.15, -0.1) is 0 Å². The Hall–Kier alpha value is -2.62. The van der Waals surface area contributed by atoms with E-state index in [-0.39, 0.29) is 11.8 Å². The van der Waals surface area contributed by atoms with Crippen molar-refractivity contribution < 1.29 is 9.59 Å². The fraction of sp³-hybridized carbons (Fsp3) is 0.417. The molecule has 0 aliphatic rings. The molecule has 2 rings (SSSR count). The highest BCUT2D eigenvalue weighted by Gasteiger charge is 2.28. The summed E-state index contributed by atoms with van der Waals surface area (Å²) >= 11 is 0. The predicted octanol–water partition coefficient (Wildman–Crippen LogP) is 4.26. The number of nitrogens with one attached hydrogen (secondary N) is 1. The van der Waals surface area contributed by atoms with Crippen molar-refractivity contribution in [1.82, 2.24) is 10.2 Å². The van der Waals surface area contributed by atoms with Crippen LogP contribution in [0.3, 0.4) is 0 Å². The summed E-state index contributed by atoms with van der Waals surface area (Å²) in [6.45, 7) is 7.11. The van der Waals surface area contributed by atoms with Crippen molar-refractivity contribution in [2.24, 2.45) is 0 Å². The van der Waals surface area contributed by atoms with Gasteiger partial charge in [-0.25, -0.2) is 0 Å². The molecular weight excluding hydrogens is 348 g/mol. The van der Waals surface area contributed by atoms with Crippen molar-refractivity contribution in [3.63, 3.8) is 0 Å². The standard InChI is InChI=1S/C24H32N2O2/c1-4-17-25-24(28)22(5-2)26(18-21-13-11-19(3)12-14-21)23(27)16-15-20-9-7-6-8-10-20/h6-14,22H,4-5,15-18H2,1-3H3,(H,25,28)/t22-/m1/s1. The molecule has 0 aromatic heterocycles. The Kier molecular flexibility index (Phi) is 8.73. The minimum atomic E-state index is -0.448. The van der Waals surface area contributed by atoms with E-state index in [1.807, 2.05) is 75.4 Å². The van der Waals surface area contributed by atoms with Crippen molar-refractivity contribution in [1.29, 1.82) is 0 Å². The smallest absolute Gasteiger partial charge is 0.242 e. The molecule has 4 nitrogen and oxygen atoms in total. The SMILES string of the molecule is CCCNC(=O)[C@@H](CC)N(Cc1ccc(C)cc1)C(=O)CCc1ccccc1. The monoisotopic (exact) mass is 380 g/mol. The molecule has 0 aliphatic heterocycles. The Morgan fingerprint density at radius 1 is 0.964 bits per heavy atom. The molecule has 2 amide bonds. The molecule has 0 aliphatic carbocycles. The topological polar surface area (TPSA) is 49.4 Å². The molecule has 0 radical (unpaired) electrons. The van der Waals surface area contributed by atoms with E-state index in [9.17, 15) is 9.59 Å². The summed E-state index contributed by atoms with van der Waals surface area (Å²) in [7, 11) is 0. The van der Waals surface area contributed by atoms with Crippen molar-refractivity contribution in [2.75, 3.05) is 6.54 Å².